The molecule has 106 valence electrons. The van der Waals surface area contributed by atoms with Crippen LogP contribution in [0.15, 0.2) is 36.5 Å². The number of carbonyl (C=O) groups excluding carboxylic acids is 1. The maximum absolute atomic E-state index is 13.7. The maximum atomic E-state index is 13.7. The second-order valence-corrected chi connectivity index (χ2v) is 4.66. The molecule has 0 bridgehead atoms. The summed E-state index contributed by atoms with van der Waals surface area (Å²) in [5.41, 5.74) is 7.18. The molecule has 0 radical (unpaired) electrons. The van der Waals surface area contributed by atoms with E-state index in [1.807, 2.05) is 6.92 Å². The van der Waals surface area contributed by atoms with Gasteiger partial charge in [-0.2, -0.15) is 0 Å². The van der Waals surface area contributed by atoms with Crippen molar-refractivity contribution in [1.29, 1.82) is 0 Å². The molecule has 0 spiro atoms. The lowest BCUT2D eigenvalue weighted by Gasteiger charge is -2.15. The molecule has 5 heteroatoms. The molecule has 1 heterocycles. The molecule has 1 amide bonds. The molecule has 1 atom stereocenters. The van der Waals surface area contributed by atoms with Gasteiger partial charge in [0.1, 0.15) is 11.5 Å². The first kappa shape index (κ1) is 14.1. The largest absolute Gasteiger partial charge is 0.397 e. The first-order valence-corrected chi connectivity index (χ1v) is 6.53. The van der Waals surface area contributed by atoms with Crippen molar-refractivity contribution >= 4 is 11.6 Å². The van der Waals surface area contributed by atoms with Crippen molar-refractivity contribution < 1.29 is 9.18 Å². The first-order chi connectivity index (χ1) is 9.52. The number of nitrogens with zero attached hydrogens (tertiary/aromatic N) is 1. The summed E-state index contributed by atoms with van der Waals surface area (Å²) in [7, 11) is 0. The highest BCUT2D eigenvalue weighted by Gasteiger charge is 2.17. The maximum Gasteiger partial charge on any atom is 0.268 e. The van der Waals surface area contributed by atoms with E-state index in [9.17, 15) is 9.18 Å². The number of halogens is 1. The third-order valence-electron chi connectivity index (χ3n) is 3.21. The van der Waals surface area contributed by atoms with Crippen molar-refractivity contribution in [1.82, 2.24) is 9.88 Å². The van der Waals surface area contributed by atoms with Crippen LogP contribution in [0, 0.1) is 5.82 Å². The van der Waals surface area contributed by atoms with Crippen LogP contribution in [0.5, 0.6) is 0 Å². The fourth-order valence-electron chi connectivity index (χ4n) is 2.16. The Bertz CT molecular complexity index is 621. The summed E-state index contributed by atoms with van der Waals surface area (Å²) < 4.78 is 15.4. The third kappa shape index (κ3) is 2.82. The monoisotopic (exact) mass is 275 g/mol. The van der Waals surface area contributed by atoms with Crippen LogP contribution in [0.25, 0.3) is 0 Å². The van der Waals surface area contributed by atoms with Crippen LogP contribution in [-0.4, -0.2) is 10.5 Å². The lowest BCUT2D eigenvalue weighted by Crippen LogP contribution is -2.29. The Hall–Kier alpha value is -2.30. The number of benzene rings is 1. The Labute approximate surface area is 117 Å². The predicted molar refractivity (Wildman–Crippen MR) is 76.8 cm³/mol. The molecule has 20 heavy (non-hydrogen) atoms. The van der Waals surface area contributed by atoms with Gasteiger partial charge >= 0.3 is 0 Å². The van der Waals surface area contributed by atoms with Gasteiger partial charge in [0, 0.05) is 18.3 Å². The van der Waals surface area contributed by atoms with Gasteiger partial charge in [-0.05, 0) is 26.0 Å². The van der Waals surface area contributed by atoms with Gasteiger partial charge in [0.25, 0.3) is 5.91 Å². The van der Waals surface area contributed by atoms with Crippen LogP contribution in [-0.2, 0) is 6.54 Å². The molecule has 2 rings (SSSR count). The summed E-state index contributed by atoms with van der Waals surface area (Å²) >= 11 is 0. The molecule has 3 N–H and O–H groups in total. The Morgan fingerprint density at radius 2 is 2.15 bits per heavy atom. The van der Waals surface area contributed by atoms with E-state index in [4.69, 9.17) is 5.73 Å². The number of aryl methyl sites for hydroxylation is 1. The van der Waals surface area contributed by atoms with Crippen molar-refractivity contribution in [2.24, 2.45) is 0 Å². The van der Waals surface area contributed by atoms with Gasteiger partial charge < -0.3 is 15.6 Å². The quantitative estimate of drug-likeness (QED) is 0.901. The van der Waals surface area contributed by atoms with Crippen LogP contribution >= 0.6 is 0 Å². The molecule has 1 aromatic heterocycles. The van der Waals surface area contributed by atoms with E-state index in [0.717, 1.165) is 0 Å². The van der Waals surface area contributed by atoms with Crippen LogP contribution in [0.4, 0.5) is 10.1 Å². The second-order valence-electron chi connectivity index (χ2n) is 4.66. The number of nitrogens with one attached hydrogen (secondary N) is 1. The number of rotatable bonds is 4. The number of hydrogen-bond donors (Lipinski definition) is 2. The number of anilines is 1. The topological polar surface area (TPSA) is 60.0 Å². The van der Waals surface area contributed by atoms with Crippen molar-refractivity contribution in [3.8, 4) is 0 Å². The van der Waals surface area contributed by atoms with Gasteiger partial charge in [-0.25, -0.2) is 4.39 Å². The third-order valence-corrected chi connectivity index (χ3v) is 3.21. The van der Waals surface area contributed by atoms with Crippen molar-refractivity contribution in [3.63, 3.8) is 0 Å². The zero-order valence-corrected chi connectivity index (χ0v) is 11.6. The number of nitrogen functional groups attached to an aromatic ring is 1. The lowest BCUT2D eigenvalue weighted by molar-refractivity contribution is 0.0930. The van der Waals surface area contributed by atoms with Gasteiger partial charge in [0.2, 0.25) is 0 Å². The molecule has 0 aliphatic rings. The Morgan fingerprint density at radius 3 is 2.80 bits per heavy atom. The van der Waals surface area contributed by atoms with Gasteiger partial charge in [-0.3, -0.25) is 4.79 Å². The summed E-state index contributed by atoms with van der Waals surface area (Å²) in [6.07, 6.45) is 1.71. The van der Waals surface area contributed by atoms with Crippen LogP contribution in [0.1, 0.15) is 35.9 Å². The molecular formula is C15H18FN3O. The molecule has 0 aliphatic heterocycles. The van der Waals surface area contributed by atoms with Crippen molar-refractivity contribution in [2.45, 2.75) is 26.4 Å². The molecule has 1 unspecified atom stereocenters. The van der Waals surface area contributed by atoms with E-state index < -0.39 is 6.04 Å². The first-order valence-electron chi connectivity index (χ1n) is 6.53. The smallest absolute Gasteiger partial charge is 0.268 e. The number of hydrogen-bond acceptors (Lipinski definition) is 2. The fraction of sp³-hybridized carbons (Fsp3) is 0.267. The summed E-state index contributed by atoms with van der Waals surface area (Å²) in [5.74, 6) is -0.593. The molecule has 1 aromatic carbocycles. The number of aromatic nitrogens is 1. The summed E-state index contributed by atoms with van der Waals surface area (Å²) in [6, 6.07) is 7.61. The SMILES string of the molecule is CCn1cc(N)cc1C(=O)NC(C)c1ccccc1F. The number of amides is 1. The summed E-state index contributed by atoms with van der Waals surface area (Å²) in [4.78, 5) is 12.2. The van der Waals surface area contributed by atoms with E-state index in [0.29, 0.717) is 23.5 Å². The Kier molecular flexibility index (Phi) is 4.08. The van der Waals surface area contributed by atoms with E-state index in [1.165, 1.54) is 6.07 Å². The number of carbonyl (C=O) groups is 1. The van der Waals surface area contributed by atoms with Crippen LogP contribution in [0.3, 0.4) is 0 Å². The Morgan fingerprint density at radius 1 is 1.45 bits per heavy atom. The zero-order chi connectivity index (χ0) is 14.7. The second kappa shape index (κ2) is 5.77. The van der Waals surface area contributed by atoms with E-state index >= 15 is 0 Å². The minimum absolute atomic E-state index is 0.265. The van der Waals surface area contributed by atoms with Crippen molar-refractivity contribution in [3.05, 3.63) is 53.6 Å². The zero-order valence-electron chi connectivity index (χ0n) is 11.6. The van der Waals surface area contributed by atoms with E-state index in [2.05, 4.69) is 5.32 Å². The molecule has 0 saturated carbocycles. The highest BCUT2D eigenvalue weighted by atomic mass is 19.1. The average Bonchev–Trinajstić information content (AvgIpc) is 2.80. The molecule has 0 fully saturated rings. The molecular weight excluding hydrogens is 257 g/mol. The summed E-state index contributed by atoms with van der Waals surface area (Å²) in [5, 5.41) is 2.79. The van der Waals surface area contributed by atoms with E-state index in [1.54, 1.807) is 42.0 Å². The molecule has 4 nitrogen and oxygen atoms in total. The molecule has 0 saturated heterocycles. The normalized spacial score (nSPS) is 12.2. The van der Waals surface area contributed by atoms with Gasteiger partial charge in [-0.1, -0.05) is 18.2 Å². The predicted octanol–water partition coefficient (Wildman–Crippen LogP) is 2.72. The lowest BCUT2D eigenvalue weighted by atomic mass is 10.1. The highest BCUT2D eigenvalue weighted by Crippen LogP contribution is 2.17. The standard InChI is InChI=1S/C15H18FN3O/c1-3-19-9-11(17)8-14(19)15(20)18-10(2)12-6-4-5-7-13(12)16/h4-10H,3,17H2,1-2H3,(H,18,20). The average molecular weight is 275 g/mol. The van der Waals surface area contributed by atoms with Gasteiger partial charge in [0.05, 0.1) is 11.7 Å². The van der Waals surface area contributed by atoms with Crippen LogP contribution in [0.2, 0.25) is 0 Å². The molecule has 0 aliphatic carbocycles. The van der Waals surface area contributed by atoms with Crippen molar-refractivity contribution in [2.75, 3.05) is 5.73 Å². The highest BCUT2D eigenvalue weighted by molar-refractivity contribution is 5.94. The summed E-state index contributed by atoms with van der Waals surface area (Å²) in [6.45, 7) is 4.32. The minimum Gasteiger partial charge on any atom is -0.397 e. The van der Waals surface area contributed by atoms with Crippen LogP contribution < -0.4 is 11.1 Å². The number of nitrogens with two attached hydrogens (primary N) is 1. The minimum atomic E-state index is -0.412. The molecule has 2 aromatic rings. The Balaban J connectivity index is 2.17. The van der Waals surface area contributed by atoms with Gasteiger partial charge in [0.15, 0.2) is 0 Å². The fourth-order valence-corrected chi connectivity index (χ4v) is 2.16. The van der Waals surface area contributed by atoms with Gasteiger partial charge in [-0.15, -0.1) is 0 Å². The van der Waals surface area contributed by atoms with E-state index in [-0.39, 0.29) is 11.7 Å².